The molecule has 39 heavy (non-hydrogen) atoms. The summed E-state index contributed by atoms with van der Waals surface area (Å²) in [5, 5.41) is 2.02. The van der Waals surface area contributed by atoms with Gasteiger partial charge in [-0.2, -0.15) is 0 Å². The number of hydrogen-bond acceptors (Lipinski definition) is 3. The summed E-state index contributed by atoms with van der Waals surface area (Å²) in [7, 11) is -0.362. The van der Waals surface area contributed by atoms with Gasteiger partial charge in [-0.25, -0.2) is 0 Å². The highest BCUT2D eigenvalue weighted by molar-refractivity contribution is 6.62. The fourth-order valence-corrected chi connectivity index (χ4v) is 4.67. The van der Waals surface area contributed by atoms with Crippen molar-refractivity contribution in [2.75, 3.05) is 4.90 Å². The van der Waals surface area contributed by atoms with Crippen molar-refractivity contribution in [1.29, 1.82) is 0 Å². The van der Waals surface area contributed by atoms with Crippen LogP contribution in [0, 0.1) is 0 Å². The molecule has 1 saturated heterocycles. The number of allylic oxidation sites excluding steroid dienone is 3. The Morgan fingerprint density at radius 3 is 1.95 bits per heavy atom. The number of hydrogen-bond donors (Lipinski definition) is 0. The Morgan fingerprint density at radius 2 is 1.44 bits per heavy atom. The molecule has 4 rings (SSSR count). The molecule has 0 aromatic heterocycles. The minimum Gasteiger partial charge on any atom is -0.399 e. The summed E-state index contributed by atoms with van der Waals surface area (Å²) < 4.78 is 12.4. The van der Waals surface area contributed by atoms with Crippen LogP contribution in [0.3, 0.4) is 0 Å². The highest BCUT2D eigenvalue weighted by atomic mass is 16.7. The molecule has 0 spiro atoms. The standard InChI is InChI=1S/C35H40BNO2/c1-9-12-16-30(10-2)37(33(11-3)32-17-14-13-15-26(32)4)31-24-20-28(21-25-31)27-18-22-29(23-19-27)36-38-34(5,6)35(7,8)39-36/h10-25H,3-4,9H2,1-2,5-8H3. The van der Waals surface area contributed by atoms with Gasteiger partial charge in [0.25, 0.3) is 0 Å². The quantitative estimate of drug-likeness (QED) is 0.244. The van der Waals surface area contributed by atoms with Crippen LogP contribution in [-0.2, 0) is 9.31 Å². The monoisotopic (exact) mass is 517 g/mol. The van der Waals surface area contributed by atoms with E-state index in [0.29, 0.717) is 0 Å². The van der Waals surface area contributed by atoms with Gasteiger partial charge in [-0.15, -0.1) is 0 Å². The molecular weight excluding hydrogens is 477 g/mol. The number of nitrogens with zero attached hydrogens (tertiary/aromatic N) is 1. The lowest BCUT2D eigenvalue weighted by atomic mass is 9.78. The molecule has 0 atom stereocenters. The molecule has 0 unspecified atom stereocenters. The maximum absolute atomic E-state index is 6.22. The predicted octanol–water partition coefficient (Wildman–Crippen LogP) is 6.73. The lowest BCUT2D eigenvalue weighted by molar-refractivity contribution is 0.00578. The molecule has 200 valence electrons. The van der Waals surface area contributed by atoms with Crippen LogP contribution >= 0.6 is 0 Å². The minimum atomic E-state index is -0.362. The van der Waals surface area contributed by atoms with E-state index in [4.69, 9.17) is 9.31 Å². The molecule has 0 saturated carbocycles. The van der Waals surface area contributed by atoms with Gasteiger partial charge in [0.2, 0.25) is 0 Å². The summed E-state index contributed by atoms with van der Waals surface area (Å²) >= 11 is 0. The van der Waals surface area contributed by atoms with Crippen molar-refractivity contribution < 1.29 is 9.31 Å². The van der Waals surface area contributed by atoms with Crippen molar-refractivity contribution >= 4 is 30.5 Å². The lowest BCUT2D eigenvalue weighted by Crippen LogP contribution is -2.41. The third-order valence-corrected chi connectivity index (χ3v) is 7.70. The predicted molar refractivity (Wildman–Crippen MR) is 168 cm³/mol. The van der Waals surface area contributed by atoms with Gasteiger partial charge in [0, 0.05) is 16.6 Å². The van der Waals surface area contributed by atoms with Gasteiger partial charge in [0.1, 0.15) is 0 Å². The summed E-state index contributed by atoms with van der Waals surface area (Å²) in [5.74, 6) is 0. The molecule has 0 amide bonds. The van der Waals surface area contributed by atoms with E-state index < -0.39 is 0 Å². The molecule has 0 N–H and O–H groups in total. The van der Waals surface area contributed by atoms with Crippen LogP contribution in [0.15, 0.2) is 109 Å². The average molecular weight is 518 g/mol. The Hall–Kier alpha value is -3.60. The molecule has 1 aliphatic heterocycles. The second-order valence-corrected chi connectivity index (χ2v) is 10.9. The van der Waals surface area contributed by atoms with Gasteiger partial charge < -0.3 is 14.2 Å². The third kappa shape index (κ3) is 5.88. The fraction of sp³-hybridized carbons (Fsp3) is 0.257. The van der Waals surface area contributed by atoms with Crippen molar-refractivity contribution in [3.8, 4) is 11.1 Å². The first-order valence-electron chi connectivity index (χ1n) is 13.7. The molecule has 1 fully saturated rings. The zero-order valence-corrected chi connectivity index (χ0v) is 24.2. The Kier molecular flexibility index (Phi) is 8.49. The van der Waals surface area contributed by atoms with Crippen LogP contribution in [0.5, 0.6) is 0 Å². The molecule has 1 aliphatic rings. The zero-order chi connectivity index (χ0) is 28.2. The first kappa shape index (κ1) is 28.4. The molecule has 0 aliphatic carbocycles. The van der Waals surface area contributed by atoms with Gasteiger partial charge in [0.15, 0.2) is 0 Å². The normalized spacial score (nSPS) is 17.4. The van der Waals surface area contributed by atoms with E-state index in [-0.39, 0.29) is 18.3 Å². The van der Waals surface area contributed by atoms with Crippen LogP contribution in [-0.4, -0.2) is 18.3 Å². The van der Waals surface area contributed by atoms with Crippen molar-refractivity contribution in [3.05, 3.63) is 120 Å². The Bertz CT molecular complexity index is 1460. The fourth-order valence-electron chi connectivity index (χ4n) is 4.67. The molecule has 3 nitrogen and oxygen atoms in total. The number of benzene rings is 3. The van der Waals surface area contributed by atoms with Crippen LogP contribution < -0.4 is 20.8 Å². The Morgan fingerprint density at radius 1 is 0.872 bits per heavy atom. The summed E-state index contributed by atoms with van der Waals surface area (Å²) in [5.41, 5.74) is 5.72. The largest absolute Gasteiger partial charge is 0.494 e. The second kappa shape index (κ2) is 11.7. The molecule has 4 heteroatoms. The summed E-state index contributed by atoms with van der Waals surface area (Å²) in [6.45, 7) is 21.0. The van der Waals surface area contributed by atoms with Gasteiger partial charge in [-0.3, -0.25) is 0 Å². The highest BCUT2D eigenvalue weighted by Crippen LogP contribution is 2.36. The average Bonchev–Trinajstić information content (AvgIpc) is 3.15. The van der Waals surface area contributed by atoms with Crippen LogP contribution in [0.4, 0.5) is 5.69 Å². The van der Waals surface area contributed by atoms with E-state index in [9.17, 15) is 0 Å². The van der Waals surface area contributed by atoms with Gasteiger partial charge >= 0.3 is 7.12 Å². The van der Waals surface area contributed by atoms with Crippen LogP contribution in [0.1, 0.15) is 48.0 Å². The van der Waals surface area contributed by atoms with E-state index in [1.165, 1.54) is 0 Å². The molecule has 1 heterocycles. The lowest BCUT2D eigenvalue weighted by Gasteiger charge is -2.32. The van der Waals surface area contributed by atoms with Crippen molar-refractivity contribution in [2.24, 2.45) is 0 Å². The maximum atomic E-state index is 6.22. The van der Waals surface area contributed by atoms with E-state index in [2.05, 4.69) is 132 Å². The summed E-state index contributed by atoms with van der Waals surface area (Å²) in [6, 6.07) is 25.3. The second-order valence-electron chi connectivity index (χ2n) is 10.9. The third-order valence-electron chi connectivity index (χ3n) is 7.70. The van der Waals surface area contributed by atoms with Gasteiger partial charge in [0.05, 0.1) is 16.9 Å². The van der Waals surface area contributed by atoms with Crippen LogP contribution in [0.25, 0.3) is 23.4 Å². The molecule has 0 bridgehead atoms. The first-order chi connectivity index (χ1) is 18.6. The van der Waals surface area contributed by atoms with Crippen molar-refractivity contribution in [3.63, 3.8) is 0 Å². The Labute approximate surface area is 234 Å². The molecule has 3 aromatic rings. The van der Waals surface area contributed by atoms with Gasteiger partial charge in [-0.05, 0) is 87.1 Å². The van der Waals surface area contributed by atoms with E-state index in [1.54, 1.807) is 0 Å². The molecule has 3 aromatic carbocycles. The summed E-state index contributed by atoms with van der Waals surface area (Å²) in [4.78, 5) is 2.24. The molecular formula is C35H40BNO2. The Balaban J connectivity index is 1.69. The van der Waals surface area contributed by atoms with E-state index in [0.717, 1.165) is 50.5 Å². The topological polar surface area (TPSA) is 21.7 Å². The van der Waals surface area contributed by atoms with E-state index in [1.807, 2.05) is 24.3 Å². The SMILES string of the molecule is C=CC(=c1ccccc1=C)N(C(C=CCC)=CC)c1ccc(-c2ccc(B3OC(C)(C)C(C)(C)O3)cc2)cc1. The van der Waals surface area contributed by atoms with E-state index >= 15 is 0 Å². The summed E-state index contributed by atoms with van der Waals surface area (Å²) in [6.07, 6.45) is 9.34. The smallest absolute Gasteiger partial charge is 0.399 e. The number of anilines is 1. The highest BCUT2D eigenvalue weighted by Gasteiger charge is 2.51. The molecule has 0 radical (unpaired) electrons. The van der Waals surface area contributed by atoms with Gasteiger partial charge in [-0.1, -0.05) is 92.9 Å². The number of rotatable bonds is 8. The first-order valence-corrected chi connectivity index (χ1v) is 13.7. The minimum absolute atomic E-state index is 0.355. The van der Waals surface area contributed by atoms with Crippen molar-refractivity contribution in [2.45, 2.75) is 59.2 Å². The van der Waals surface area contributed by atoms with Crippen molar-refractivity contribution in [1.82, 2.24) is 0 Å². The zero-order valence-electron chi connectivity index (χ0n) is 24.2. The van der Waals surface area contributed by atoms with Crippen LogP contribution in [0.2, 0.25) is 0 Å². The maximum Gasteiger partial charge on any atom is 0.494 e.